The van der Waals surface area contributed by atoms with Crippen molar-refractivity contribution < 1.29 is 13.2 Å². The molecule has 1 saturated heterocycles. The van der Waals surface area contributed by atoms with E-state index in [2.05, 4.69) is 5.32 Å². The normalized spacial score (nSPS) is 14.3. The quantitative estimate of drug-likeness (QED) is 0.782. The highest BCUT2D eigenvalue weighted by Crippen LogP contribution is 2.33. The molecule has 0 atom stereocenters. The summed E-state index contributed by atoms with van der Waals surface area (Å²) in [7, 11) is -3.75. The molecule has 0 saturated carbocycles. The Morgan fingerprint density at radius 2 is 1.71 bits per heavy atom. The van der Waals surface area contributed by atoms with Crippen LogP contribution < -0.4 is 10.1 Å². The molecule has 1 N–H and O–H groups in total. The molecule has 1 aliphatic heterocycles. The van der Waals surface area contributed by atoms with Gasteiger partial charge in [0, 0.05) is 26.2 Å². The summed E-state index contributed by atoms with van der Waals surface area (Å²) in [6, 6.07) is 12.3. The second-order valence-electron chi connectivity index (χ2n) is 6.30. The summed E-state index contributed by atoms with van der Waals surface area (Å²) < 4.78 is 33.6. The number of nitrogens with zero attached hydrogens (tertiary/aromatic N) is 2. The molecule has 0 unspecified atom stereocenters. The first-order valence-corrected chi connectivity index (χ1v) is 9.86. The fourth-order valence-electron chi connectivity index (χ4n) is 2.82. The summed E-state index contributed by atoms with van der Waals surface area (Å²) in [6.45, 7) is 5.84. The molecular formula is C19H23Cl2N3O3S. The number of hydrogen-bond donors (Lipinski definition) is 1. The number of aryl methyl sites for hydroxylation is 2. The Kier molecular flexibility index (Phi) is 8.74. The van der Waals surface area contributed by atoms with Gasteiger partial charge < -0.3 is 10.1 Å². The molecule has 0 aliphatic carbocycles. The third kappa shape index (κ3) is 5.16. The van der Waals surface area contributed by atoms with E-state index >= 15 is 0 Å². The standard InChI is InChI=1S/C19H21N3O3S.2ClH/c1-14-3-4-15(2)18(11-14)25-17-6-5-16(13-20)12-19(17)26(23,24)22-9-7-21-8-10-22;;/h3-6,11-12,21H,7-10H2,1-2H3;2*1H. The molecule has 0 spiro atoms. The van der Waals surface area contributed by atoms with Crippen LogP contribution in [0.2, 0.25) is 0 Å². The second kappa shape index (κ2) is 10.1. The van der Waals surface area contributed by atoms with Crippen molar-refractivity contribution in [1.82, 2.24) is 9.62 Å². The highest BCUT2D eigenvalue weighted by Gasteiger charge is 2.29. The predicted molar refractivity (Wildman–Crippen MR) is 113 cm³/mol. The van der Waals surface area contributed by atoms with E-state index in [1.165, 1.54) is 10.4 Å². The number of nitrogens with one attached hydrogen (secondary N) is 1. The summed E-state index contributed by atoms with van der Waals surface area (Å²) in [5.41, 5.74) is 2.21. The maximum atomic E-state index is 13.1. The van der Waals surface area contributed by atoms with E-state index in [1.54, 1.807) is 12.1 Å². The Morgan fingerprint density at radius 3 is 2.36 bits per heavy atom. The van der Waals surface area contributed by atoms with Crippen LogP contribution >= 0.6 is 24.8 Å². The Bertz CT molecular complexity index is 969. The lowest BCUT2D eigenvalue weighted by Crippen LogP contribution is -2.46. The Hall–Kier alpha value is -1.82. The van der Waals surface area contributed by atoms with Crippen LogP contribution in [0.25, 0.3) is 0 Å². The lowest BCUT2D eigenvalue weighted by Gasteiger charge is -2.27. The van der Waals surface area contributed by atoms with E-state index < -0.39 is 10.0 Å². The van der Waals surface area contributed by atoms with E-state index in [1.807, 2.05) is 38.1 Å². The number of benzene rings is 2. The van der Waals surface area contributed by atoms with Crippen LogP contribution in [-0.4, -0.2) is 38.9 Å². The van der Waals surface area contributed by atoms with Crippen molar-refractivity contribution >= 4 is 34.8 Å². The first kappa shape index (κ1) is 24.2. The molecule has 1 heterocycles. The van der Waals surface area contributed by atoms with E-state index in [4.69, 9.17) is 4.74 Å². The molecule has 1 aliphatic rings. The molecule has 152 valence electrons. The van der Waals surface area contributed by atoms with E-state index in [0.717, 1.165) is 11.1 Å². The van der Waals surface area contributed by atoms with Crippen molar-refractivity contribution in [2.24, 2.45) is 0 Å². The Morgan fingerprint density at radius 1 is 1.04 bits per heavy atom. The Balaban J connectivity index is 0.00000196. The van der Waals surface area contributed by atoms with E-state index in [-0.39, 0.29) is 41.0 Å². The van der Waals surface area contributed by atoms with Gasteiger partial charge in [-0.2, -0.15) is 9.57 Å². The van der Waals surface area contributed by atoms with Crippen LogP contribution in [0.3, 0.4) is 0 Å². The van der Waals surface area contributed by atoms with Gasteiger partial charge in [-0.25, -0.2) is 8.42 Å². The molecule has 2 aromatic carbocycles. The maximum Gasteiger partial charge on any atom is 0.246 e. The number of halogens is 2. The van der Waals surface area contributed by atoms with Gasteiger partial charge in [-0.05, 0) is 49.2 Å². The molecule has 0 amide bonds. The van der Waals surface area contributed by atoms with Gasteiger partial charge in [0.15, 0.2) is 0 Å². The number of ether oxygens (including phenoxy) is 1. The third-order valence-electron chi connectivity index (χ3n) is 4.33. The van der Waals surface area contributed by atoms with Crippen molar-refractivity contribution in [2.45, 2.75) is 18.7 Å². The van der Waals surface area contributed by atoms with Crippen molar-refractivity contribution in [3.05, 3.63) is 53.1 Å². The third-order valence-corrected chi connectivity index (χ3v) is 6.25. The van der Waals surface area contributed by atoms with Crippen LogP contribution in [0, 0.1) is 25.2 Å². The maximum absolute atomic E-state index is 13.1. The van der Waals surface area contributed by atoms with E-state index in [0.29, 0.717) is 31.9 Å². The summed E-state index contributed by atoms with van der Waals surface area (Å²) in [5, 5.41) is 12.3. The minimum atomic E-state index is -3.75. The molecule has 3 rings (SSSR count). The molecule has 9 heteroatoms. The van der Waals surface area contributed by atoms with Gasteiger partial charge >= 0.3 is 0 Å². The van der Waals surface area contributed by atoms with Crippen molar-refractivity contribution in [2.75, 3.05) is 26.2 Å². The van der Waals surface area contributed by atoms with Crippen molar-refractivity contribution in [3.63, 3.8) is 0 Å². The van der Waals surface area contributed by atoms with E-state index in [9.17, 15) is 13.7 Å². The summed E-state index contributed by atoms with van der Waals surface area (Å²) in [5.74, 6) is 0.836. The summed E-state index contributed by atoms with van der Waals surface area (Å²) in [6.07, 6.45) is 0. The van der Waals surface area contributed by atoms with Gasteiger partial charge in [-0.3, -0.25) is 0 Å². The zero-order chi connectivity index (χ0) is 18.7. The fraction of sp³-hybridized carbons (Fsp3) is 0.316. The smallest absolute Gasteiger partial charge is 0.246 e. The van der Waals surface area contributed by atoms with Gasteiger partial charge in [0.2, 0.25) is 10.0 Å². The van der Waals surface area contributed by atoms with Gasteiger partial charge in [-0.15, -0.1) is 24.8 Å². The molecule has 1 fully saturated rings. The van der Waals surface area contributed by atoms with Crippen LogP contribution in [0.5, 0.6) is 11.5 Å². The van der Waals surface area contributed by atoms with Crippen LogP contribution in [0.1, 0.15) is 16.7 Å². The lowest BCUT2D eigenvalue weighted by atomic mass is 10.1. The minimum absolute atomic E-state index is 0. The molecule has 6 nitrogen and oxygen atoms in total. The largest absolute Gasteiger partial charge is 0.456 e. The molecule has 0 bridgehead atoms. The Labute approximate surface area is 178 Å². The molecule has 0 aromatic heterocycles. The van der Waals surface area contributed by atoms with Gasteiger partial charge in [0.1, 0.15) is 16.4 Å². The van der Waals surface area contributed by atoms with Crippen molar-refractivity contribution in [3.8, 4) is 17.6 Å². The van der Waals surface area contributed by atoms with Crippen molar-refractivity contribution in [1.29, 1.82) is 5.26 Å². The predicted octanol–water partition coefficient (Wildman–Crippen LogP) is 3.40. The van der Waals surface area contributed by atoms with Gasteiger partial charge in [0.05, 0.1) is 11.6 Å². The molecule has 28 heavy (non-hydrogen) atoms. The highest BCUT2D eigenvalue weighted by atomic mass is 35.5. The van der Waals surface area contributed by atoms with Gasteiger partial charge in [-0.1, -0.05) is 12.1 Å². The topological polar surface area (TPSA) is 82.4 Å². The average molecular weight is 444 g/mol. The van der Waals surface area contributed by atoms with Crippen LogP contribution in [0.4, 0.5) is 0 Å². The number of rotatable bonds is 4. The number of nitriles is 1. The molecular weight excluding hydrogens is 421 g/mol. The zero-order valence-corrected chi connectivity index (χ0v) is 18.1. The molecule has 0 radical (unpaired) electrons. The fourth-order valence-corrected chi connectivity index (χ4v) is 4.40. The zero-order valence-electron chi connectivity index (χ0n) is 15.6. The van der Waals surface area contributed by atoms with Crippen LogP contribution in [-0.2, 0) is 10.0 Å². The summed E-state index contributed by atoms with van der Waals surface area (Å²) >= 11 is 0. The monoisotopic (exact) mass is 443 g/mol. The van der Waals surface area contributed by atoms with Crippen LogP contribution in [0.15, 0.2) is 41.3 Å². The SMILES string of the molecule is Cc1ccc(C)c(Oc2ccc(C#N)cc2S(=O)(=O)N2CCNCC2)c1.Cl.Cl. The summed E-state index contributed by atoms with van der Waals surface area (Å²) in [4.78, 5) is 0.0272. The second-order valence-corrected chi connectivity index (χ2v) is 8.20. The number of hydrogen-bond acceptors (Lipinski definition) is 5. The highest BCUT2D eigenvalue weighted by molar-refractivity contribution is 7.89. The number of sulfonamides is 1. The first-order valence-electron chi connectivity index (χ1n) is 8.42. The van der Waals surface area contributed by atoms with Gasteiger partial charge in [0.25, 0.3) is 0 Å². The minimum Gasteiger partial charge on any atom is -0.456 e. The first-order chi connectivity index (χ1) is 12.4. The average Bonchev–Trinajstić information content (AvgIpc) is 2.65. The lowest BCUT2D eigenvalue weighted by molar-refractivity contribution is 0.358. The molecule has 2 aromatic rings. The number of piperazine rings is 1.